The molecule has 0 aliphatic heterocycles. The Labute approximate surface area is 172 Å². The van der Waals surface area contributed by atoms with Crippen molar-refractivity contribution in [1.82, 2.24) is 10.6 Å². The first kappa shape index (κ1) is 22.7. The van der Waals surface area contributed by atoms with E-state index in [0.717, 1.165) is 37.7 Å². The summed E-state index contributed by atoms with van der Waals surface area (Å²) < 4.78 is 5.04. The molecule has 29 heavy (non-hydrogen) atoms. The molecule has 3 N–H and O–H groups in total. The van der Waals surface area contributed by atoms with Gasteiger partial charge in [0.25, 0.3) is 5.91 Å². The van der Waals surface area contributed by atoms with Gasteiger partial charge >= 0.3 is 12.0 Å². The van der Waals surface area contributed by atoms with Gasteiger partial charge in [0.2, 0.25) is 0 Å². The average molecular weight is 405 g/mol. The number of esters is 1. The van der Waals surface area contributed by atoms with Crippen molar-refractivity contribution < 1.29 is 24.2 Å². The van der Waals surface area contributed by atoms with Crippen LogP contribution in [0.3, 0.4) is 0 Å². The van der Waals surface area contributed by atoms with Crippen LogP contribution in [0.15, 0.2) is 12.1 Å². The first-order valence-corrected chi connectivity index (χ1v) is 10.3. The number of hydrogen-bond donors (Lipinski definition) is 3. The molecule has 7 nitrogen and oxygen atoms in total. The second kappa shape index (κ2) is 10.3. The van der Waals surface area contributed by atoms with Crippen molar-refractivity contribution in [3.8, 4) is 5.75 Å². The van der Waals surface area contributed by atoms with Crippen molar-refractivity contribution in [3.63, 3.8) is 0 Å². The zero-order valence-corrected chi connectivity index (χ0v) is 17.7. The first-order valence-electron chi connectivity index (χ1n) is 10.3. The Bertz CT molecular complexity index is 752. The fourth-order valence-corrected chi connectivity index (χ4v) is 3.45. The van der Waals surface area contributed by atoms with E-state index in [2.05, 4.69) is 10.6 Å². The fourth-order valence-electron chi connectivity index (χ4n) is 3.45. The highest BCUT2D eigenvalue weighted by molar-refractivity contribution is 5.98. The Morgan fingerprint density at radius 1 is 1.07 bits per heavy atom. The van der Waals surface area contributed by atoms with Crippen LogP contribution in [0.5, 0.6) is 5.75 Å². The van der Waals surface area contributed by atoms with Gasteiger partial charge in [0.05, 0.1) is 0 Å². The number of urea groups is 1. The number of phenols is 1. The maximum atomic E-state index is 12.5. The van der Waals surface area contributed by atoms with Crippen LogP contribution < -0.4 is 10.6 Å². The Morgan fingerprint density at radius 2 is 1.72 bits per heavy atom. The summed E-state index contributed by atoms with van der Waals surface area (Å²) in [6.45, 7) is 7.23. The molecule has 2 rings (SSSR count). The van der Waals surface area contributed by atoms with Crippen molar-refractivity contribution >= 4 is 17.9 Å². The molecule has 1 aliphatic rings. The number of hydrogen-bond acceptors (Lipinski definition) is 5. The van der Waals surface area contributed by atoms with Gasteiger partial charge < -0.3 is 15.2 Å². The van der Waals surface area contributed by atoms with Gasteiger partial charge in [-0.05, 0) is 41.9 Å². The van der Waals surface area contributed by atoms with Crippen molar-refractivity contribution in [3.05, 3.63) is 28.8 Å². The third-order valence-corrected chi connectivity index (χ3v) is 5.20. The minimum atomic E-state index is -0.797. The molecule has 160 valence electrons. The lowest BCUT2D eigenvalue weighted by molar-refractivity contribution is -0.123. The van der Waals surface area contributed by atoms with Crippen molar-refractivity contribution in [2.24, 2.45) is 0 Å². The maximum absolute atomic E-state index is 12.5. The third kappa shape index (κ3) is 6.48. The molecular formula is C22H32N2O5. The van der Waals surface area contributed by atoms with Crippen molar-refractivity contribution in [1.29, 1.82) is 0 Å². The third-order valence-electron chi connectivity index (χ3n) is 5.20. The molecule has 1 aliphatic carbocycles. The van der Waals surface area contributed by atoms with E-state index in [1.54, 1.807) is 6.07 Å². The summed E-state index contributed by atoms with van der Waals surface area (Å²) in [7, 11) is 0. The number of imide groups is 1. The van der Waals surface area contributed by atoms with Gasteiger partial charge in [-0.25, -0.2) is 9.59 Å². The second-order valence-electron chi connectivity index (χ2n) is 8.25. The van der Waals surface area contributed by atoms with Gasteiger partial charge in [0.15, 0.2) is 6.61 Å². The monoisotopic (exact) mass is 404 g/mol. The Balaban J connectivity index is 1.95. The molecule has 0 aromatic heterocycles. The van der Waals surface area contributed by atoms with Crippen LogP contribution in [-0.4, -0.2) is 35.7 Å². The number of phenolic OH excluding ortho intramolecular Hbond substituents is 1. The van der Waals surface area contributed by atoms with Gasteiger partial charge in [-0.15, -0.1) is 0 Å². The fraction of sp³-hybridized carbons (Fsp3) is 0.591. The predicted molar refractivity (Wildman–Crippen MR) is 110 cm³/mol. The quantitative estimate of drug-likeness (QED) is 0.623. The summed E-state index contributed by atoms with van der Waals surface area (Å²) in [5.74, 6) is -1.46. The normalized spacial score (nSPS) is 14.7. The molecule has 0 atom stereocenters. The van der Waals surface area contributed by atoms with Crippen LogP contribution in [0.1, 0.15) is 93.1 Å². The van der Waals surface area contributed by atoms with Gasteiger partial charge in [-0.1, -0.05) is 53.0 Å². The van der Waals surface area contributed by atoms with Crippen LogP contribution in [0, 0.1) is 0 Å². The lowest BCUT2D eigenvalue weighted by Gasteiger charge is -2.22. The van der Waals surface area contributed by atoms with Crippen LogP contribution in [0.25, 0.3) is 0 Å². The summed E-state index contributed by atoms with van der Waals surface area (Å²) in [5.41, 5.74) is 1.58. The predicted octanol–water partition coefficient (Wildman–Crippen LogP) is 3.95. The SMILES string of the molecule is CC(C)c1cc(C(=O)OCC(=O)NC(=O)NC2CCCCC2)c(O)c(C(C)C)c1. The number of benzene rings is 1. The number of ether oxygens (including phenoxy) is 1. The second-order valence-corrected chi connectivity index (χ2v) is 8.25. The summed E-state index contributed by atoms with van der Waals surface area (Å²) >= 11 is 0. The van der Waals surface area contributed by atoms with Gasteiger partial charge in [0.1, 0.15) is 11.3 Å². The van der Waals surface area contributed by atoms with Crippen LogP contribution in [0.2, 0.25) is 0 Å². The molecule has 0 radical (unpaired) electrons. The Hall–Kier alpha value is -2.57. The van der Waals surface area contributed by atoms with Crippen molar-refractivity contribution in [2.45, 2.75) is 77.7 Å². The zero-order valence-electron chi connectivity index (χ0n) is 17.7. The number of aromatic hydroxyl groups is 1. The van der Waals surface area contributed by atoms with E-state index in [0.29, 0.717) is 5.56 Å². The largest absolute Gasteiger partial charge is 0.507 e. The Morgan fingerprint density at radius 3 is 2.31 bits per heavy atom. The molecule has 0 heterocycles. The molecule has 0 saturated heterocycles. The highest BCUT2D eigenvalue weighted by Crippen LogP contribution is 2.33. The molecule has 1 aromatic carbocycles. The van der Waals surface area contributed by atoms with Gasteiger partial charge in [-0.3, -0.25) is 10.1 Å². The maximum Gasteiger partial charge on any atom is 0.342 e. The number of rotatable bonds is 6. The smallest absolute Gasteiger partial charge is 0.342 e. The number of carbonyl (C=O) groups is 3. The summed E-state index contributed by atoms with van der Waals surface area (Å²) in [6, 6.07) is 2.96. The topological polar surface area (TPSA) is 105 Å². The summed E-state index contributed by atoms with van der Waals surface area (Å²) in [6.07, 6.45) is 5.10. The van der Waals surface area contributed by atoms with Crippen LogP contribution in [0.4, 0.5) is 4.79 Å². The Kier molecular flexibility index (Phi) is 8.05. The van der Waals surface area contributed by atoms with Gasteiger partial charge in [0, 0.05) is 6.04 Å². The molecule has 7 heteroatoms. The van der Waals surface area contributed by atoms with E-state index >= 15 is 0 Å². The molecule has 0 bridgehead atoms. The standard InChI is InChI=1S/C22H32N2O5/c1-13(2)15-10-17(14(3)4)20(26)18(11-15)21(27)29-12-19(25)24-22(28)23-16-8-6-5-7-9-16/h10-11,13-14,16,26H,5-9,12H2,1-4H3,(H2,23,24,25,28). The van der Waals surface area contributed by atoms with E-state index in [9.17, 15) is 19.5 Å². The molecule has 0 spiro atoms. The van der Waals surface area contributed by atoms with Gasteiger partial charge in [-0.2, -0.15) is 0 Å². The number of nitrogens with one attached hydrogen (secondary N) is 2. The summed E-state index contributed by atoms with van der Waals surface area (Å²) in [5, 5.41) is 15.4. The number of amides is 3. The number of carbonyl (C=O) groups excluding carboxylic acids is 3. The van der Waals surface area contributed by atoms with Crippen LogP contribution >= 0.6 is 0 Å². The van der Waals surface area contributed by atoms with E-state index in [-0.39, 0.29) is 29.2 Å². The molecule has 1 saturated carbocycles. The molecule has 3 amide bonds. The van der Waals surface area contributed by atoms with Crippen LogP contribution in [-0.2, 0) is 9.53 Å². The highest BCUT2D eigenvalue weighted by Gasteiger charge is 2.22. The summed E-state index contributed by atoms with van der Waals surface area (Å²) in [4.78, 5) is 36.3. The van der Waals surface area contributed by atoms with E-state index < -0.39 is 24.5 Å². The van der Waals surface area contributed by atoms with E-state index in [1.807, 2.05) is 33.8 Å². The average Bonchev–Trinajstić information content (AvgIpc) is 2.66. The van der Waals surface area contributed by atoms with E-state index in [4.69, 9.17) is 4.74 Å². The highest BCUT2D eigenvalue weighted by atomic mass is 16.5. The molecular weight excluding hydrogens is 372 g/mol. The molecule has 1 aromatic rings. The lowest BCUT2D eigenvalue weighted by atomic mass is 9.92. The molecule has 0 unspecified atom stereocenters. The first-order chi connectivity index (χ1) is 13.7. The van der Waals surface area contributed by atoms with E-state index in [1.165, 1.54) is 0 Å². The minimum absolute atomic E-state index is 0.0204. The zero-order chi connectivity index (χ0) is 21.6. The lowest BCUT2D eigenvalue weighted by Crippen LogP contribution is -2.46. The molecule has 1 fully saturated rings. The minimum Gasteiger partial charge on any atom is -0.507 e. The van der Waals surface area contributed by atoms with Crippen molar-refractivity contribution in [2.75, 3.05) is 6.61 Å².